The number of hydrogen-bond donors (Lipinski definition) is 0. The van der Waals surface area contributed by atoms with E-state index in [2.05, 4.69) is 35.0 Å². The summed E-state index contributed by atoms with van der Waals surface area (Å²) in [6, 6.07) is 0.600. The number of nitrogens with zero attached hydrogens (tertiary/aromatic N) is 6. The normalized spacial score (nSPS) is 24.8. The zero-order chi connectivity index (χ0) is 21.7. The Kier molecular flexibility index (Phi) is 5.38. The molecule has 0 bridgehead atoms. The first-order valence-electron chi connectivity index (χ1n) is 12.2. The second-order valence-corrected chi connectivity index (χ2v) is 10.9. The van der Waals surface area contributed by atoms with Gasteiger partial charge in [0, 0.05) is 44.3 Å². The van der Waals surface area contributed by atoms with Crippen LogP contribution in [0.15, 0.2) is 12.4 Å². The standard InChI is InChI=1S/C24H32N6OS/c1-29(2)24-28-23-21(32-24)20(15-6-4-3-5-7-15)26-22(27-23)16-10-11-31-19(12-16)17-13-25-30(14-17)18-8-9-18/h13-16,18-19H,3-12H2,1-2H3. The second-order valence-electron chi connectivity index (χ2n) is 9.91. The Balaban J connectivity index is 1.32. The minimum atomic E-state index is 0.0754. The smallest absolute Gasteiger partial charge is 0.187 e. The zero-order valence-corrected chi connectivity index (χ0v) is 19.9. The molecular formula is C24H32N6OS. The third kappa shape index (κ3) is 3.92. The molecule has 6 rings (SSSR count). The number of anilines is 1. The van der Waals surface area contributed by atoms with Crippen molar-refractivity contribution in [3.05, 3.63) is 29.5 Å². The fourth-order valence-corrected chi connectivity index (χ4v) is 6.20. The highest BCUT2D eigenvalue weighted by atomic mass is 32.1. The summed E-state index contributed by atoms with van der Waals surface area (Å²) in [6.07, 6.45) is 15.0. The minimum absolute atomic E-state index is 0.0754. The number of thiazole rings is 1. The molecule has 3 fully saturated rings. The summed E-state index contributed by atoms with van der Waals surface area (Å²) < 4.78 is 9.48. The highest BCUT2D eigenvalue weighted by Gasteiger charge is 2.32. The molecule has 2 aliphatic carbocycles. The number of hydrogen-bond acceptors (Lipinski definition) is 7. The van der Waals surface area contributed by atoms with Gasteiger partial charge in [0.05, 0.1) is 28.7 Å². The Morgan fingerprint density at radius 2 is 1.84 bits per heavy atom. The van der Waals surface area contributed by atoms with Crippen LogP contribution in [0.3, 0.4) is 0 Å². The Bertz CT molecular complexity index is 1100. The maximum atomic E-state index is 6.17. The second kappa shape index (κ2) is 8.37. The van der Waals surface area contributed by atoms with E-state index in [-0.39, 0.29) is 6.10 Å². The molecule has 7 nitrogen and oxygen atoms in total. The third-order valence-corrected chi connectivity index (χ3v) is 8.46. The van der Waals surface area contributed by atoms with Crippen molar-refractivity contribution < 1.29 is 4.74 Å². The van der Waals surface area contributed by atoms with Crippen molar-refractivity contribution in [2.24, 2.45) is 0 Å². The molecule has 3 aliphatic rings. The Hall–Kier alpha value is -2.06. The average molecular weight is 453 g/mol. The van der Waals surface area contributed by atoms with E-state index in [0.717, 1.165) is 36.1 Å². The van der Waals surface area contributed by atoms with Gasteiger partial charge in [-0.1, -0.05) is 30.6 Å². The lowest BCUT2D eigenvalue weighted by Crippen LogP contribution is -2.21. The molecule has 0 amide bonds. The summed E-state index contributed by atoms with van der Waals surface area (Å²) in [4.78, 5) is 17.2. The van der Waals surface area contributed by atoms with Crippen LogP contribution in [0.5, 0.6) is 0 Å². The number of aromatic nitrogens is 5. The van der Waals surface area contributed by atoms with Crippen LogP contribution in [-0.2, 0) is 4.74 Å². The third-order valence-electron chi connectivity index (χ3n) is 7.22. The monoisotopic (exact) mass is 452 g/mol. The molecule has 0 spiro atoms. The molecule has 3 aromatic rings. The fraction of sp³-hybridized carbons (Fsp3) is 0.667. The van der Waals surface area contributed by atoms with Gasteiger partial charge in [0.15, 0.2) is 10.8 Å². The quantitative estimate of drug-likeness (QED) is 0.519. The van der Waals surface area contributed by atoms with Crippen LogP contribution in [0.25, 0.3) is 10.3 Å². The van der Waals surface area contributed by atoms with Gasteiger partial charge in [-0.3, -0.25) is 4.68 Å². The molecular weight excluding hydrogens is 420 g/mol. The van der Waals surface area contributed by atoms with Crippen LogP contribution >= 0.6 is 11.3 Å². The van der Waals surface area contributed by atoms with Gasteiger partial charge in [-0.15, -0.1) is 0 Å². The fourth-order valence-electron chi connectivity index (χ4n) is 5.20. The predicted molar refractivity (Wildman–Crippen MR) is 127 cm³/mol. The van der Waals surface area contributed by atoms with Crippen LogP contribution in [0.4, 0.5) is 5.13 Å². The van der Waals surface area contributed by atoms with E-state index in [1.165, 1.54) is 60.9 Å². The molecule has 8 heteroatoms. The van der Waals surface area contributed by atoms with Crippen molar-refractivity contribution in [2.75, 3.05) is 25.6 Å². The van der Waals surface area contributed by atoms with E-state index in [1.54, 1.807) is 11.3 Å². The van der Waals surface area contributed by atoms with Crippen molar-refractivity contribution in [3.63, 3.8) is 0 Å². The predicted octanol–water partition coefficient (Wildman–Crippen LogP) is 5.37. The van der Waals surface area contributed by atoms with Crippen LogP contribution < -0.4 is 4.90 Å². The first-order valence-corrected chi connectivity index (χ1v) is 13.0. The minimum Gasteiger partial charge on any atom is -0.373 e. The molecule has 1 saturated heterocycles. The molecule has 2 saturated carbocycles. The van der Waals surface area contributed by atoms with E-state index in [4.69, 9.17) is 19.7 Å². The maximum absolute atomic E-state index is 6.17. The molecule has 2 atom stereocenters. The molecule has 0 aromatic carbocycles. The molecule has 1 aliphatic heterocycles. The van der Waals surface area contributed by atoms with Gasteiger partial charge >= 0.3 is 0 Å². The van der Waals surface area contributed by atoms with E-state index in [0.29, 0.717) is 17.9 Å². The highest BCUT2D eigenvalue weighted by molar-refractivity contribution is 7.22. The van der Waals surface area contributed by atoms with E-state index in [1.807, 2.05) is 6.20 Å². The number of fused-ring (bicyclic) bond motifs is 1. The van der Waals surface area contributed by atoms with Crippen molar-refractivity contribution in [1.82, 2.24) is 24.7 Å². The highest BCUT2D eigenvalue weighted by Crippen LogP contribution is 2.42. The van der Waals surface area contributed by atoms with Gasteiger partial charge in [-0.2, -0.15) is 10.1 Å². The summed E-state index contributed by atoms with van der Waals surface area (Å²) in [5, 5.41) is 5.59. The van der Waals surface area contributed by atoms with Gasteiger partial charge in [0.1, 0.15) is 5.82 Å². The first kappa shape index (κ1) is 20.5. The van der Waals surface area contributed by atoms with Gasteiger partial charge in [0.2, 0.25) is 0 Å². The van der Waals surface area contributed by atoms with Crippen LogP contribution in [0, 0.1) is 0 Å². The van der Waals surface area contributed by atoms with Gasteiger partial charge in [0.25, 0.3) is 0 Å². The summed E-state index contributed by atoms with van der Waals surface area (Å²) in [7, 11) is 4.11. The van der Waals surface area contributed by atoms with Gasteiger partial charge < -0.3 is 9.64 Å². The van der Waals surface area contributed by atoms with Crippen LogP contribution in [-0.4, -0.2) is 45.4 Å². The largest absolute Gasteiger partial charge is 0.373 e. The van der Waals surface area contributed by atoms with Crippen LogP contribution in [0.2, 0.25) is 0 Å². The lowest BCUT2D eigenvalue weighted by Gasteiger charge is -2.29. The number of rotatable bonds is 5. The Morgan fingerprint density at radius 1 is 1.00 bits per heavy atom. The van der Waals surface area contributed by atoms with Crippen molar-refractivity contribution in [2.45, 2.75) is 81.8 Å². The average Bonchev–Trinajstić information content (AvgIpc) is 3.38. The summed E-state index contributed by atoms with van der Waals surface area (Å²) in [5.74, 6) is 1.81. The van der Waals surface area contributed by atoms with Gasteiger partial charge in [-0.25, -0.2) is 9.97 Å². The van der Waals surface area contributed by atoms with Crippen molar-refractivity contribution in [3.8, 4) is 0 Å². The molecule has 170 valence electrons. The Labute approximate surface area is 193 Å². The zero-order valence-electron chi connectivity index (χ0n) is 19.0. The van der Waals surface area contributed by atoms with E-state index < -0.39 is 0 Å². The molecule has 4 heterocycles. The van der Waals surface area contributed by atoms with E-state index in [9.17, 15) is 0 Å². The number of ether oxygens (including phenoxy) is 1. The van der Waals surface area contributed by atoms with Crippen molar-refractivity contribution in [1.29, 1.82) is 0 Å². The first-order chi connectivity index (χ1) is 15.7. The summed E-state index contributed by atoms with van der Waals surface area (Å²) >= 11 is 1.74. The molecule has 0 N–H and O–H groups in total. The SMILES string of the molecule is CN(C)c1nc2nc(C3CCOC(c4cnn(C5CC5)c4)C3)nc(C3CCCCC3)c2s1. The van der Waals surface area contributed by atoms with Gasteiger partial charge in [-0.05, 0) is 38.5 Å². The summed E-state index contributed by atoms with van der Waals surface area (Å²) in [5.41, 5.74) is 3.33. The lowest BCUT2D eigenvalue weighted by molar-refractivity contribution is 0.00391. The molecule has 0 radical (unpaired) electrons. The lowest BCUT2D eigenvalue weighted by atomic mass is 9.86. The van der Waals surface area contributed by atoms with Crippen LogP contribution in [0.1, 0.15) is 98.9 Å². The topological polar surface area (TPSA) is 69.0 Å². The van der Waals surface area contributed by atoms with Crippen molar-refractivity contribution >= 4 is 26.8 Å². The van der Waals surface area contributed by atoms with E-state index >= 15 is 0 Å². The molecule has 3 aromatic heterocycles. The summed E-state index contributed by atoms with van der Waals surface area (Å²) in [6.45, 7) is 0.740. The molecule has 32 heavy (non-hydrogen) atoms. The molecule has 2 unspecified atom stereocenters. The Morgan fingerprint density at radius 3 is 2.62 bits per heavy atom. The maximum Gasteiger partial charge on any atom is 0.187 e.